The second-order valence-corrected chi connectivity index (χ2v) is 5.14. The molecular weight excluding hydrogens is 192 g/mol. The first kappa shape index (κ1) is 12.3. The fraction of sp³-hybridized carbons (Fsp3) is 1.00. The average Bonchev–Trinajstić information content (AvgIpc) is 2.25. The van der Waals surface area contributed by atoms with Gasteiger partial charge in [-0.3, -0.25) is 0 Å². The minimum atomic E-state index is 1.18. The lowest BCUT2D eigenvalue weighted by Gasteiger charge is -2.25. The van der Waals surface area contributed by atoms with E-state index in [1.165, 1.54) is 63.5 Å². The van der Waals surface area contributed by atoms with Gasteiger partial charge in [0.15, 0.2) is 0 Å². The molecule has 1 saturated heterocycles. The third-order valence-electron chi connectivity index (χ3n) is 2.61. The van der Waals surface area contributed by atoms with Crippen molar-refractivity contribution >= 4 is 11.8 Å². The third kappa shape index (κ3) is 5.89. The van der Waals surface area contributed by atoms with Crippen LogP contribution in [0, 0.1) is 0 Å². The Labute approximate surface area is 92.8 Å². The fourth-order valence-corrected chi connectivity index (χ4v) is 2.69. The number of unbranched alkanes of at least 4 members (excludes halogenated alkanes) is 1. The zero-order chi connectivity index (χ0) is 10.1. The van der Waals surface area contributed by atoms with Crippen molar-refractivity contribution < 1.29 is 0 Å². The second-order valence-electron chi connectivity index (χ2n) is 3.91. The highest BCUT2D eigenvalue weighted by molar-refractivity contribution is 7.99. The van der Waals surface area contributed by atoms with Gasteiger partial charge in [-0.15, -0.1) is 0 Å². The molecule has 0 amide bonds. The highest BCUT2D eigenvalue weighted by Gasteiger charge is 2.08. The Morgan fingerprint density at radius 1 is 1.14 bits per heavy atom. The van der Waals surface area contributed by atoms with Crippen molar-refractivity contribution in [1.29, 1.82) is 0 Å². The summed E-state index contributed by atoms with van der Waals surface area (Å²) in [4.78, 5) is 2.61. The van der Waals surface area contributed by atoms with Crippen LogP contribution >= 0.6 is 11.8 Å². The van der Waals surface area contributed by atoms with Gasteiger partial charge in [0.05, 0.1) is 0 Å². The molecule has 0 aromatic heterocycles. The van der Waals surface area contributed by atoms with Crippen molar-refractivity contribution in [2.24, 2.45) is 0 Å². The van der Waals surface area contributed by atoms with E-state index in [2.05, 4.69) is 28.9 Å². The van der Waals surface area contributed by atoms with Crippen LogP contribution in [-0.4, -0.2) is 49.1 Å². The maximum atomic E-state index is 3.45. The van der Waals surface area contributed by atoms with Gasteiger partial charge in [-0.05, 0) is 38.9 Å². The van der Waals surface area contributed by atoms with Gasteiger partial charge in [0.2, 0.25) is 0 Å². The zero-order valence-electron chi connectivity index (χ0n) is 9.43. The van der Waals surface area contributed by atoms with Crippen LogP contribution in [-0.2, 0) is 0 Å². The summed E-state index contributed by atoms with van der Waals surface area (Å²) in [6.07, 6.45) is 3.95. The predicted molar refractivity (Wildman–Crippen MR) is 66.2 cm³/mol. The summed E-state index contributed by atoms with van der Waals surface area (Å²) in [6.45, 7) is 8.55. The molecule has 1 heterocycles. The standard InChI is InChI=1S/C11H24N2S/c1-2-5-12-6-3-4-7-13-8-10-14-11-9-13/h12H,2-11H2,1H3. The van der Waals surface area contributed by atoms with Crippen LogP contribution in [0.2, 0.25) is 0 Å². The molecule has 0 aliphatic carbocycles. The molecule has 2 nitrogen and oxygen atoms in total. The fourth-order valence-electron chi connectivity index (χ4n) is 1.71. The van der Waals surface area contributed by atoms with E-state index in [0.29, 0.717) is 0 Å². The summed E-state index contributed by atoms with van der Waals surface area (Å²) >= 11 is 2.09. The van der Waals surface area contributed by atoms with Crippen LogP contribution in [0.1, 0.15) is 26.2 Å². The van der Waals surface area contributed by atoms with Gasteiger partial charge in [0.1, 0.15) is 0 Å². The summed E-state index contributed by atoms with van der Waals surface area (Å²) in [6, 6.07) is 0. The Kier molecular flexibility index (Phi) is 7.55. The molecule has 0 radical (unpaired) electrons. The first-order chi connectivity index (χ1) is 6.93. The first-order valence-corrected chi connectivity index (χ1v) is 7.09. The Hall–Kier alpha value is 0.270. The Morgan fingerprint density at radius 3 is 2.64 bits per heavy atom. The van der Waals surface area contributed by atoms with Gasteiger partial charge in [0, 0.05) is 24.6 Å². The molecule has 14 heavy (non-hydrogen) atoms. The summed E-state index contributed by atoms with van der Waals surface area (Å²) in [5.74, 6) is 2.68. The lowest BCUT2D eigenvalue weighted by atomic mass is 10.3. The van der Waals surface area contributed by atoms with E-state index in [1.54, 1.807) is 0 Å². The Morgan fingerprint density at radius 2 is 1.93 bits per heavy atom. The SMILES string of the molecule is CCCNCCCCN1CCSCC1. The van der Waals surface area contributed by atoms with Crippen LogP contribution in [0.4, 0.5) is 0 Å². The average molecular weight is 216 g/mol. The van der Waals surface area contributed by atoms with E-state index >= 15 is 0 Å². The molecule has 0 bridgehead atoms. The molecule has 0 saturated carbocycles. The molecule has 0 aromatic carbocycles. The van der Waals surface area contributed by atoms with Gasteiger partial charge in [-0.25, -0.2) is 0 Å². The molecule has 1 fully saturated rings. The highest BCUT2D eigenvalue weighted by atomic mass is 32.2. The summed E-state index contributed by atoms with van der Waals surface area (Å²) < 4.78 is 0. The molecule has 1 aliphatic rings. The first-order valence-electron chi connectivity index (χ1n) is 5.94. The van der Waals surface area contributed by atoms with Crippen LogP contribution in [0.3, 0.4) is 0 Å². The number of hydrogen-bond acceptors (Lipinski definition) is 3. The minimum Gasteiger partial charge on any atom is -0.317 e. The van der Waals surface area contributed by atoms with E-state index in [1.807, 2.05) is 0 Å². The molecule has 3 heteroatoms. The molecule has 1 aliphatic heterocycles. The van der Waals surface area contributed by atoms with E-state index in [4.69, 9.17) is 0 Å². The van der Waals surface area contributed by atoms with Crippen LogP contribution in [0.5, 0.6) is 0 Å². The molecular formula is C11H24N2S. The Balaban J connectivity index is 1.82. The maximum Gasteiger partial charge on any atom is 0.00727 e. The Bertz CT molecular complexity index is 124. The van der Waals surface area contributed by atoms with Gasteiger partial charge in [-0.2, -0.15) is 11.8 Å². The van der Waals surface area contributed by atoms with E-state index in [-0.39, 0.29) is 0 Å². The van der Waals surface area contributed by atoms with Crippen molar-refractivity contribution in [3.05, 3.63) is 0 Å². The number of nitrogens with one attached hydrogen (secondary N) is 1. The van der Waals surface area contributed by atoms with Crippen molar-refractivity contribution in [1.82, 2.24) is 10.2 Å². The second kappa shape index (κ2) is 8.57. The predicted octanol–water partition coefficient (Wildman–Crippen LogP) is 1.81. The van der Waals surface area contributed by atoms with Crippen LogP contribution < -0.4 is 5.32 Å². The number of hydrogen-bond donors (Lipinski definition) is 1. The monoisotopic (exact) mass is 216 g/mol. The van der Waals surface area contributed by atoms with Gasteiger partial charge >= 0.3 is 0 Å². The lowest BCUT2D eigenvalue weighted by molar-refractivity contribution is 0.295. The highest BCUT2D eigenvalue weighted by Crippen LogP contribution is 2.09. The van der Waals surface area contributed by atoms with E-state index < -0.39 is 0 Å². The van der Waals surface area contributed by atoms with Gasteiger partial charge < -0.3 is 10.2 Å². The molecule has 0 aromatic rings. The smallest absolute Gasteiger partial charge is 0.00727 e. The van der Waals surface area contributed by atoms with Gasteiger partial charge in [0.25, 0.3) is 0 Å². The quantitative estimate of drug-likeness (QED) is 0.654. The minimum absolute atomic E-state index is 1.18. The van der Waals surface area contributed by atoms with Gasteiger partial charge in [-0.1, -0.05) is 6.92 Å². The van der Waals surface area contributed by atoms with Crippen molar-refractivity contribution in [3.8, 4) is 0 Å². The van der Waals surface area contributed by atoms with Crippen LogP contribution in [0.25, 0.3) is 0 Å². The number of rotatable bonds is 7. The normalized spacial score (nSPS) is 18.6. The summed E-state index contributed by atoms with van der Waals surface area (Å²) in [5.41, 5.74) is 0. The van der Waals surface area contributed by atoms with Crippen LogP contribution in [0.15, 0.2) is 0 Å². The zero-order valence-corrected chi connectivity index (χ0v) is 10.2. The number of thioether (sulfide) groups is 1. The third-order valence-corrected chi connectivity index (χ3v) is 3.55. The summed E-state index contributed by atoms with van der Waals surface area (Å²) in [5, 5.41) is 3.45. The molecule has 0 unspecified atom stereocenters. The maximum absolute atomic E-state index is 3.45. The van der Waals surface area contributed by atoms with Crippen molar-refractivity contribution in [2.45, 2.75) is 26.2 Å². The summed E-state index contributed by atoms with van der Waals surface area (Å²) in [7, 11) is 0. The molecule has 0 spiro atoms. The van der Waals surface area contributed by atoms with E-state index in [0.717, 1.165) is 0 Å². The van der Waals surface area contributed by atoms with E-state index in [9.17, 15) is 0 Å². The molecule has 1 rings (SSSR count). The largest absolute Gasteiger partial charge is 0.317 e. The number of nitrogens with zero attached hydrogens (tertiary/aromatic N) is 1. The molecule has 84 valence electrons. The lowest BCUT2D eigenvalue weighted by Crippen LogP contribution is -2.33. The van der Waals surface area contributed by atoms with Crippen molar-refractivity contribution in [2.75, 3.05) is 44.2 Å². The molecule has 0 atom stereocenters. The topological polar surface area (TPSA) is 15.3 Å². The molecule has 1 N–H and O–H groups in total. The van der Waals surface area contributed by atoms with Crippen molar-refractivity contribution in [3.63, 3.8) is 0 Å².